The number of quaternary nitrogens is 1. The van der Waals surface area contributed by atoms with Gasteiger partial charge < -0.3 is 28.6 Å². The molecule has 2 saturated carbocycles. The fraction of sp³-hybridized carbons (Fsp3) is 0.714. The molecule has 2 N–H and O–H groups in total. The van der Waals surface area contributed by atoms with E-state index in [1.54, 1.807) is 21.1 Å². The van der Waals surface area contributed by atoms with Crippen molar-refractivity contribution in [2.45, 2.75) is 182 Å². The van der Waals surface area contributed by atoms with E-state index in [2.05, 4.69) is 35.8 Å². The van der Waals surface area contributed by atoms with Crippen molar-refractivity contribution in [3.05, 3.63) is 53.8 Å². The smallest absolute Gasteiger partial charge is 0.414 e. The van der Waals surface area contributed by atoms with E-state index in [1.807, 2.05) is 66.9 Å². The third-order valence-corrected chi connectivity index (χ3v) is 16.6. The number of carbonyl (C=O) groups excluding carboxylic acids is 4. The van der Waals surface area contributed by atoms with E-state index in [4.69, 9.17) is 18.9 Å². The number of aromatic nitrogens is 1. The van der Waals surface area contributed by atoms with Crippen molar-refractivity contribution in [1.82, 2.24) is 4.57 Å². The zero-order chi connectivity index (χ0) is 49.6. The van der Waals surface area contributed by atoms with Crippen LogP contribution in [0.25, 0.3) is 10.9 Å². The third-order valence-electron chi connectivity index (χ3n) is 16.6. The molecule has 15 unspecified atom stereocenters. The molecule has 4 aliphatic rings. The average Bonchev–Trinajstić information content (AvgIpc) is 3.68. The number of methoxy groups -OCH3 is 2. The number of benzene rings is 1. The molecular formula is C56H85N2O10+. The number of hydroxylamine groups is 3. The Bertz CT molecular complexity index is 2130. The number of hydrogen-bond acceptors (Lipinski definition) is 10. The van der Waals surface area contributed by atoms with Crippen molar-refractivity contribution in [3.63, 3.8) is 0 Å². The van der Waals surface area contributed by atoms with Gasteiger partial charge in [-0.3, -0.25) is 14.4 Å². The van der Waals surface area contributed by atoms with E-state index in [0.717, 1.165) is 47.1 Å². The van der Waals surface area contributed by atoms with Crippen molar-refractivity contribution >= 4 is 34.2 Å². The largest absolute Gasteiger partial charge is 0.488 e. The molecule has 12 nitrogen and oxygen atoms in total. The van der Waals surface area contributed by atoms with Crippen LogP contribution in [-0.4, -0.2) is 106 Å². The molecule has 2 aliphatic carbocycles. The van der Waals surface area contributed by atoms with E-state index in [1.165, 1.54) is 0 Å². The molecular weight excluding hydrogens is 861 g/mol. The maximum atomic E-state index is 14.9. The van der Waals surface area contributed by atoms with Gasteiger partial charge >= 0.3 is 5.91 Å². The van der Waals surface area contributed by atoms with Crippen LogP contribution in [0.5, 0.6) is 5.75 Å². The number of nitrogens with zero attached hydrogens (tertiary/aromatic N) is 2. The molecule has 1 aromatic heterocycles. The third kappa shape index (κ3) is 12.5. The number of ketones is 3. The van der Waals surface area contributed by atoms with Crippen LogP contribution in [0.15, 0.2) is 53.8 Å². The van der Waals surface area contributed by atoms with Crippen LogP contribution in [0.3, 0.4) is 0 Å². The van der Waals surface area contributed by atoms with Gasteiger partial charge in [-0.15, -0.1) is 4.65 Å². The number of amides is 1. The second-order valence-corrected chi connectivity index (χ2v) is 21.9. The summed E-state index contributed by atoms with van der Waals surface area (Å²) in [7, 11) is 5.30. The van der Waals surface area contributed by atoms with Crippen LogP contribution < -0.4 is 4.74 Å². The fourth-order valence-electron chi connectivity index (χ4n) is 12.6. The van der Waals surface area contributed by atoms with Crippen LogP contribution in [0.1, 0.15) is 139 Å². The molecule has 2 aromatic rings. The van der Waals surface area contributed by atoms with Gasteiger partial charge in [0.2, 0.25) is 0 Å². The predicted octanol–water partition coefficient (Wildman–Crippen LogP) is 9.95. The molecule has 68 heavy (non-hydrogen) atoms. The van der Waals surface area contributed by atoms with Crippen LogP contribution >= 0.6 is 0 Å². The van der Waals surface area contributed by atoms with Gasteiger partial charge in [0.15, 0.2) is 0 Å². The number of Topliss-reactive ketones (excluding diaryl/α,β-unsaturated/α-hetero) is 3. The second kappa shape index (κ2) is 23.6. The SMILES string of the molecule is CCC1/C=C(\C)CC(C)CC(OC)C2C[N+](O)(C(=O)C(=O)C3CCCCC3C(=O)CC(C(C)=CC3CCC(Oc4ccc5c(ccn5C)c4)C(OC(C)C)C3)C(C)C(O)CC1=O)C(C)CC2OC. The number of carbonyl (C=O) groups is 4. The quantitative estimate of drug-likeness (QED) is 0.108. The number of aryl methyl sites for hydroxylation is 1. The Hall–Kier alpha value is -3.52. The topological polar surface area (TPSA) is 151 Å². The highest BCUT2D eigenvalue weighted by Crippen LogP contribution is 2.41. The Morgan fingerprint density at radius 2 is 1.56 bits per heavy atom. The Kier molecular flexibility index (Phi) is 18.7. The van der Waals surface area contributed by atoms with E-state index in [0.29, 0.717) is 51.4 Å². The van der Waals surface area contributed by atoms with Crippen molar-refractivity contribution < 1.29 is 53.1 Å². The first-order valence-corrected chi connectivity index (χ1v) is 26.0. The minimum absolute atomic E-state index is 0.0179. The number of piperidine rings is 1. The highest BCUT2D eigenvalue weighted by molar-refractivity contribution is 6.34. The number of aliphatic hydroxyl groups is 1. The number of fused-ring (bicyclic) bond motifs is 4. The van der Waals surface area contributed by atoms with Crippen molar-refractivity contribution in [2.24, 2.45) is 54.4 Å². The lowest BCUT2D eigenvalue weighted by Crippen LogP contribution is -2.67. The molecule has 1 aromatic carbocycles. The summed E-state index contributed by atoms with van der Waals surface area (Å²) in [5, 5.41) is 25.5. The van der Waals surface area contributed by atoms with Gasteiger partial charge in [-0.05, 0) is 134 Å². The Morgan fingerprint density at radius 1 is 0.868 bits per heavy atom. The first kappa shape index (κ1) is 53.8. The van der Waals surface area contributed by atoms with E-state index >= 15 is 0 Å². The molecule has 0 spiro atoms. The molecule has 1 saturated heterocycles. The molecule has 6 rings (SSSR count). The van der Waals surface area contributed by atoms with E-state index < -0.39 is 52.2 Å². The molecule has 3 heterocycles. The van der Waals surface area contributed by atoms with Crippen molar-refractivity contribution in [2.75, 3.05) is 20.8 Å². The number of hydrogen-bond donors (Lipinski definition) is 2. The highest BCUT2D eigenvalue weighted by Gasteiger charge is 2.57. The maximum absolute atomic E-state index is 14.9. The lowest BCUT2D eigenvalue weighted by atomic mass is 9.70. The molecule has 1 amide bonds. The molecule has 378 valence electrons. The molecule has 2 bridgehead atoms. The Balaban J connectivity index is 1.32. The number of aliphatic hydroxyl groups excluding tert-OH is 1. The first-order chi connectivity index (χ1) is 32.3. The van der Waals surface area contributed by atoms with Crippen LogP contribution in [0, 0.1) is 47.3 Å². The van der Waals surface area contributed by atoms with Gasteiger partial charge in [0, 0.05) is 75.4 Å². The Labute approximate surface area is 406 Å². The summed E-state index contributed by atoms with van der Waals surface area (Å²) in [6.07, 6.45) is 11.2. The second-order valence-electron chi connectivity index (χ2n) is 21.9. The van der Waals surface area contributed by atoms with E-state index in [9.17, 15) is 29.5 Å². The lowest BCUT2D eigenvalue weighted by Gasteiger charge is -2.46. The zero-order valence-electron chi connectivity index (χ0n) is 43.2. The lowest BCUT2D eigenvalue weighted by molar-refractivity contribution is -1.06. The summed E-state index contributed by atoms with van der Waals surface area (Å²) < 4.78 is 26.3. The van der Waals surface area contributed by atoms with Crippen LogP contribution in [0.2, 0.25) is 0 Å². The Morgan fingerprint density at radius 3 is 2.24 bits per heavy atom. The number of allylic oxidation sites excluding steroid dienone is 4. The minimum atomic E-state index is -1.04. The van der Waals surface area contributed by atoms with Crippen LogP contribution in [0.4, 0.5) is 0 Å². The van der Waals surface area contributed by atoms with Gasteiger partial charge in [-0.25, -0.2) is 10.0 Å². The standard InChI is InChI=1S/C56H85N2O10/c1-12-40-24-34(4)23-35(5)25-52(65-10)46-32-58(64,37(7)27-53(46)66-11)56(63)55(62)44-16-14-13-15-43(44)50(61)30-45(38(8)48(59)31-49(40)60)36(6)26-39-17-20-51(54(28-39)67-33(2)3)68-42-18-19-47-41(29-42)21-22-57(47)9/h18-19,21-22,24,26,29,33,35,37-40,43-46,48,51-54,59,64H,12-17,20,23,25,27-28,30-32H2,1-11H3/q+1/b34-24+,36-26?. The number of rotatable bonds is 9. The van der Waals surface area contributed by atoms with Crippen LogP contribution in [-0.2, 0) is 40.4 Å². The molecule has 3 fully saturated rings. The molecule has 0 radical (unpaired) electrons. The maximum Gasteiger partial charge on any atom is 0.414 e. The molecule has 15 atom stereocenters. The van der Waals surface area contributed by atoms with Gasteiger partial charge in [0.1, 0.15) is 36.0 Å². The number of ether oxygens (including phenoxy) is 4. The summed E-state index contributed by atoms with van der Waals surface area (Å²) in [4.78, 5) is 58.2. The van der Waals surface area contributed by atoms with Gasteiger partial charge in [-0.1, -0.05) is 56.9 Å². The monoisotopic (exact) mass is 946 g/mol. The summed E-state index contributed by atoms with van der Waals surface area (Å²) >= 11 is 0. The average molecular weight is 946 g/mol. The minimum Gasteiger partial charge on any atom is -0.488 e. The first-order valence-electron chi connectivity index (χ1n) is 26.0. The zero-order valence-corrected chi connectivity index (χ0v) is 43.2. The summed E-state index contributed by atoms with van der Waals surface area (Å²) in [6, 6.07) is 7.66. The highest BCUT2D eigenvalue weighted by atomic mass is 16.6. The van der Waals surface area contributed by atoms with Crippen molar-refractivity contribution in [1.29, 1.82) is 0 Å². The van der Waals surface area contributed by atoms with E-state index in [-0.39, 0.29) is 85.1 Å². The van der Waals surface area contributed by atoms with Crippen molar-refractivity contribution in [3.8, 4) is 5.75 Å². The molecule has 12 heteroatoms. The summed E-state index contributed by atoms with van der Waals surface area (Å²) in [5.74, 6) is -3.88. The summed E-state index contributed by atoms with van der Waals surface area (Å²) in [5.41, 5.74) is 3.16. The van der Waals surface area contributed by atoms with Gasteiger partial charge in [-0.2, -0.15) is 0 Å². The summed E-state index contributed by atoms with van der Waals surface area (Å²) in [6.45, 7) is 16.0. The predicted molar refractivity (Wildman–Crippen MR) is 264 cm³/mol. The van der Waals surface area contributed by atoms with Gasteiger partial charge in [0.25, 0.3) is 5.78 Å². The molecule has 2 aliphatic heterocycles. The normalized spacial score (nSPS) is 37.6. The fourth-order valence-corrected chi connectivity index (χ4v) is 12.6. The van der Waals surface area contributed by atoms with Gasteiger partial charge in [0.05, 0.1) is 36.4 Å².